The van der Waals surface area contributed by atoms with Crippen LogP contribution in [0.5, 0.6) is 11.5 Å². The molecule has 0 saturated heterocycles. The summed E-state index contributed by atoms with van der Waals surface area (Å²) in [6, 6.07) is 5.20. The molecule has 0 spiro atoms. The molecule has 0 aromatic heterocycles. The van der Waals surface area contributed by atoms with Gasteiger partial charge >= 0.3 is 0 Å². The summed E-state index contributed by atoms with van der Waals surface area (Å²) in [6.07, 6.45) is 1.53. The van der Waals surface area contributed by atoms with Crippen LogP contribution in [0.4, 0.5) is 0 Å². The predicted octanol–water partition coefficient (Wildman–Crippen LogP) is 2.10. The molecule has 0 heterocycles. The number of benzene rings is 1. The summed E-state index contributed by atoms with van der Waals surface area (Å²) in [5, 5.41) is 0. The molecule has 0 aliphatic rings. The lowest BCUT2D eigenvalue weighted by molar-refractivity contribution is 0.354. The Balaban J connectivity index is 3.07. The van der Waals surface area contributed by atoms with E-state index in [-0.39, 0.29) is 6.04 Å². The highest BCUT2D eigenvalue weighted by Gasteiger charge is 2.08. The summed E-state index contributed by atoms with van der Waals surface area (Å²) in [5.41, 5.74) is 0.885. The molecule has 0 saturated carbocycles. The number of methoxy groups -OCH3 is 2. The number of isocyanates is 1. The Labute approximate surface area is 88.5 Å². The van der Waals surface area contributed by atoms with Crippen LogP contribution in [0.15, 0.2) is 23.2 Å². The number of hydrogen-bond acceptors (Lipinski definition) is 4. The minimum absolute atomic E-state index is 0.220. The van der Waals surface area contributed by atoms with Gasteiger partial charge in [-0.3, -0.25) is 0 Å². The van der Waals surface area contributed by atoms with Gasteiger partial charge in [0.2, 0.25) is 6.08 Å². The van der Waals surface area contributed by atoms with E-state index in [1.807, 2.05) is 13.0 Å². The van der Waals surface area contributed by atoms with Gasteiger partial charge in [0.25, 0.3) is 0 Å². The summed E-state index contributed by atoms with van der Waals surface area (Å²) < 4.78 is 10.2. The van der Waals surface area contributed by atoms with Gasteiger partial charge in [-0.2, -0.15) is 4.99 Å². The molecule has 1 aromatic carbocycles. The molecule has 1 atom stereocenters. The van der Waals surface area contributed by atoms with Gasteiger partial charge in [0, 0.05) is 0 Å². The van der Waals surface area contributed by atoms with E-state index in [1.165, 1.54) is 6.08 Å². The first-order valence-electron chi connectivity index (χ1n) is 4.51. The van der Waals surface area contributed by atoms with E-state index >= 15 is 0 Å². The number of nitrogens with zero attached hydrogens (tertiary/aromatic N) is 1. The molecule has 0 amide bonds. The molecule has 0 bridgehead atoms. The molecule has 1 aromatic rings. The average Bonchev–Trinajstić information content (AvgIpc) is 2.28. The Morgan fingerprint density at radius 2 is 1.93 bits per heavy atom. The van der Waals surface area contributed by atoms with Crippen molar-refractivity contribution >= 4 is 6.08 Å². The van der Waals surface area contributed by atoms with E-state index in [1.54, 1.807) is 26.4 Å². The van der Waals surface area contributed by atoms with Gasteiger partial charge < -0.3 is 9.47 Å². The molecule has 1 unspecified atom stereocenters. The maximum atomic E-state index is 10.1. The van der Waals surface area contributed by atoms with E-state index < -0.39 is 0 Å². The topological polar surface area (TPSA) is 47.9 Å². The van der Waals surface area contributed by atoms with E-state index in [4.69, 9.17) is 9.47 Å². The van der Waals surface area contributed by atoms with Crippen LogP contribution >= 0.6 is 0 Å². The van der Waals surface area contributed by atoms with E-state index in [9.17, 15) is 4.79 Å². The van der Waals surface area contributed by atoms with Crippen LogP contribution < -0.4 is 9.47 Å². The zero-order valence-corrected chi connectivity index (χ0v) is 8.98. The standard InChI is InChI=1S/C11H13NO3/c1-8(12-7-13)9-4-5-10(14-2)11(6-9)15-3/h4-6,8H,1-3H3. The lowest BCUT2D eigenvalue weighted by atomic mass is 10.1. The third-order valence-corrected chi connectivity index (χ3v) is 2.14. The highest BCUT2D eigenvalue weighted by molar-refractivity contribution is 5.44. The van der Waals surface area contributed by atoms with Gasteiger partial charge in [0.05, 0.1) is 20.3 Å². The van der Waals surface area contributed by atoms with Crippen molar-refractivity contribution in [3.05, 3.63) is 23.8 Å². The summed E-state index contributed by atoms with van der Waals surface area (Å²) in [4.78, 5) is 13.7. The van der Waals surface area contributed by atoms with Crippen molar-refractivity contribution in [2.45, 2.75) is 13.0 Å². The van der Waals surface area contributed by atoms with Crippen LogP contribution in [-0.4, -0.2) is 20.3 Å². The molecular formula is C11H13NO3. The van der Waals surface area contributed by atoms with Crippen molar-refractivity contribution in [1.29, 1.82) is 0 Å². The maximum absolute atomic E-state index is 10.1. The Hall–Kier alpha value is -1.80. The molecule has 15 heavy (non-hydrogen) atoms. The molecule has 4 heteroatoms. The number of ether oxygens (including phenoxy) is 2. The maximum Gasteiger partial charge on any atom is 0.235 e. The lowest BCUT2D eigenvalue weighted by Gasteiger charge is -2.10. The minimum atomic E-state index is -0.220. The van der Waals surface area contributed by atoms with Crippen LogP contribution in [0.25, 0.3) is 0 Å². The van der Waals surface area contributed by atoms with Crippen LogP contribution in [0, 0.1) is 0 Å². The molecule has 4 nitrogen and oxygen atoms in total. The monoisotopic (exact) mass is 207 g/mol. The van der Waals surface area contributed by atoms with Crippen LogP contribution in [0.2, 0.25) is 0 Å². The molecule has 0 fully saturated rings. The number of rotatable bonds is 4. The van der Waals surface area contributed by atoms with E-state index in [0.717, 1.165) is 5.56 Å². The first-order valence-corrected chi connectivity index (χ1v) is 4.51. The molecule has 80 valence electrons. The Bertz CT molecular complexity index is 383. The summed E-state index contributed by atoms with van der Waals surface area (Å²) in [5.74, 6) is 1.28. The van der Waals surface area contributed by atoms with Crippen molar-refractivity contribution in [1.82, 2.24) is 0 Å². The van der Waals surface area contributed by atoms with Crippen molar-refractivity contribution in [3.63, 3.8) is 0 Å². The second-order valence-corrected chi connectivity index (χ2v) is 3.01. The van der Waals surface area contributed by atoms with Gasteiger partial charge in [0.15, 0.2) is 11.5 Å². The number of aliphatic imine (C=N–C) groups is 1. The minimum Gasteiger partial charge on any atom is -0.493 e. The Kier molecular flexibility index (Phi) is 3.89. The van der Waals surface area contributed by atoms with Crippen molar-refractivity contribution < 1.29 is 14.3 Å². The smallest absolute Gasteiger partial charge is 0.235 e. The van der Waals surface area contributed by atoms with Crippen LogP contribution in [0.3, 0.4) is 0 Å². The highest BCUT2D eigenvalue weighted by Crippen LogP contribution is 2.30. The largest absolute Gasteiger partial charge is 0.493 e. The van der Waals surface area contributed by atoms with Gasteiger partial charge in [-0.05, 0) is 24.6 Å². The van der Waals surface area contributed by atoms with Crippen molar-refractivity contribution in [2.24, 2.45) is 4.99 Å². The zero-order valence-electron chi connectivity index (χ0n) is 8.98. The first-order chi connectivity index (χ1) is 7.22. The molecule has 0 aliphatic heterocycles. The fourth-order valence-electron chi connectivity index (χ4n) is 1.27. The predicted molar refractivity (Wildman–Crippen MR) is 56.1 cm³/mol. The molecular weight excluding hydrogens is 194 g/mol. The third kappa shape index (κ3) is 2.58. The summed E-state index contributed by atoms with van der Waals surface area (Å²) >= 11 is 0. The average molecular weight is 207 g/mol. The lowest BCUT2D eigenvalue weighted by Crippen LogP contribution is -1.94. The van der Waals surface area contributed by atoms with E-state index in [2.05, 4.69) is 4.99 Å². The normalized spacial score (nSPS) is 11.4. The van der Waals surface area contributed by atoms with Gasteiger partial charge in [-0.25, -0.2) is 4.79 Å². The van der Waals surface area contributed by atoms with E-state index in [0.29, 0.717) is 11.5 Å². The second-order valence-electron chi connectivity index (χ2n) is 3.01. The Morgan fingerprint density at radius 3 is 2.47 bits per heavy atom. The molecule has 0 radical (unpaired) electrons. The fraction of sp³-hybridized carbons (Fsp3) is 0.364. The van der Waals surface area contributed by atoms with Crippen molar-refractivity contribution in [3.8, 4) is 11.5 Å². The number of hydrogen-bond donors (Lipinski definition) is 0. The Morgan fingerprint density at radius 1 is 1.27 bits per heavy atom. The summed E-state index contributed by atoms with van der Waals surface area (Å²) in [6.45, 7) is 1.81. The quantitative estimate of drug-likeness (QED) is 0.561. The van der Waals surface area contributed by atoms with Gasteiger partial charge in [0.1, 0.15) is 0 Å². The fourth-order valence-corrected chi connectivity index (χ4v) is 1.27. The van der Waals surface area contributed by atoms with Crippen LogP contribution in [0.1, 0.15) is 18.5 Å². The molecule has 0 N–H and O–H groups in total. The van der Waals surface area contributed by atoms with Gasteiger partial charge in [-0.1, -0.05) is 6.07 Å². The van der Waals surface area contributed by atoms with Crippen molar-refractivity contribution in [2.75, 3.05) is 14.2 Å². The first kappa shape index (κ1) is 11.3. The SMILES string of the molecule is COc1ccc(C(C)N=C=O)cc1OC. The molecule has 0 aliphatic carbocycles. The summed E-state index contributed by atoms with van der Waals surface area (Å²) in [7, 11) is 3.14. The third-order valence-electron chi connectivity index (χ3n) is 2.14. The van der Waals surface area contributed by atoms with Crippen LogP contribution in [-0.2, 0) is 4.79 Å². The zero-order chi connectivity index (χ0) is 11.3. The van der Waals surface area contributed by atoms with Gasteiger partial charge in [-0.15, -0.1) is 0 Å². The molecule has 1 rings (SSSR count). The second kappa shape index (κ2) is 5.17. The number of carbonyl (C=O) groups excluding carboxylic acids is 1. The highest BCUT2D eigenvalue weighted by atomic mass is 16.5.